The Morgan fingerprint density at radius 3 is 2.23 bits per heavy atom. The van der Waals surface area contributed by atoms with E-state index in [1.165, 1.54) is 22.8 Å². The molecule has 0 unspecified atom stereocenters. The molecule has 3 aromatic rings. The molecule has 0 radical (unpaired) electrons. The van der Waals surface area contributed by atoms with Crippen molar-refractivity contribution in [1.82, 2.24) is 4.57 Å². The Morgan fingerprint density at radius 1 is 1.00 bits per heavy atom. The van der Waals surface area contributed by atoms with E-state index in [0.29, 0.717) is 27.7 Å². The van der Waals surface area contributed by atoms with Crippen molar-refractivity contribution in [3.8, 4) is 0 Å². The van der Waals surface area contributed by atoms with Crippen molar-refractivity contribution in [2.75, 3.05) is 6.26 Å². The Balaban J connectivity index is 2.02. The molecule has 0 saturated carbocycles. The molecule has 0 aliphatic heterocycles. The van der Waals surface area contributed by atoms with E-state index in [4.69, 9.17) is 0 Å². The monoisotopic (exact) mass is 441 g/mol. The predicted octanol–water partition coefficient (Wildman–Crippen LogP) is 2.38. The molecular weight excluding hydrogens is 422 g/mol. The van der Waals surface area contributed by atoms with Gasteiger partial charge in [-0.2, -0.15) is 0 Å². The zero-order chi connectivity index (χ0) is 22.6. The second kappa shape index (κ2) is 7.05. The molecular formula is C22H19NO7S. The Bertz CT molecular complexity index is 1340. The van der Waals surface area contributed by atoms with Crippen LogP contribution in [0.5, 0.6) is 0 Å². The summed E-state index contributed by atoms with van der Waals surface area (Å²) in [6.45, 7) is 0. The van der Waals surface area contributed by atoms with Crippen LogP contribution in [0.3, 0.4) is 0 Å². The highest BCUT2D eigenvalue weighted by molar-refractivity contribution is 7.90. The molecule has 31 heavy (non-hydrogen) atoms. The summed E-state index contributed by atoms with van der Waals surface area (Å²) in [5.41, 5.74) is -0.336. The lowest BCUT2D eigenvalue weighted by molar-refractivity contribution is -0.165. The van der Waals surface area contributed by atoms with E-state index in [9.17, 15) is 33.0 Å². The van der Waals surface area contributed by atoms with E-state index >= 15 is 0 Å². The topological polar surface area (TPSA) is 131 Å². The molecule has 1 aliphatic carbocycles. The Kier molecular flexibility index (Phi) is 4.73. The van der Waals surface area contributed by atoms with Crippen LogP contribution in [0.2, 0.25) is 0 Å². The maximum Gasteiger partial charge on any atom is 0.321 e. The van der Waals surface area contributed by atoms with Gasteiger partial charge in [-0.05, 0) is 48.7 Å². The fourth-order valence-corrected chi connectivity index (χ4v) is 4.85. The molecule has 1 aromatic heterocycles. The highest BCUT2D eigenvalue weighted by Crippen LogP contribution is 2.42. The quantitative estimate of drug-likeness (QED) is 0.594. The number of carboxylic acid groups (broad SMARTS) is 2. The molecule has 4 rings (SSSR count). The van der Waals surface area contributed by atoms with Crippen molar-refractivity contribution >= 4 is 38.6 Å². The van der Waals surface area contributed by atoms with Crippen LogP contribution in [0.4, 0.5) is 0 Å². The third-order valence-corrected chi connectivity index (χ3v) is 7.00. The highest BCUT2D eigenvalue weighted by Gasteiger charge is 2.50. The van der Waals surface area contributed by atoms with Gasteiger partial charge in [-0.15, -0.1) is 0 Å². The number of hydrogen-bond donors (Lipinski definition) is 2. The summed E-state index contributed by atoms with van der Waals surface area (Å²) < 4.78 is 25.6. The van der Waals surface area contributed by atoms with Gasteiger partial charge in [-0.25, -0.2) is 8.42 Å². The first kappa shape index (κ1) is 20.8. The molecule has 2 aromatic carbocycles. The molecule has 1 aliphatic rings. The van der Waals surface area contributed by atoms with Gasteiger partial charge < -0.3 is 10.2 Å². The van der Waals surface area contributed by atoms with E-state index < -0.39 is 27.2 Å². The van der Waals surface area contributed by atoms with Gasteiger partial charge in [0, 0.05) is 29.3 Å². The molecule has 0 bridgehead atoms. The van der Waals surface area contributed by atoms with Gasteiger partial charge in [0.15, 0.2) is 15.3 Å². The lowest BCUT2D eigenvalue weighted by atomic mass is 9.72. The SMILES string of the molecule is CS(=O)(=O)c1ccc2c(c1)c1c(n2C(=O)c2ccccc2)CCC(C(=O)O)(C(=O)O)C1. The minimum atomic E-state index is -3.57. The van der Waals surface area contributed by atoms with Crippen molar-refractivity contribution in [2.45, 2.75) is 24.2 Å². The van der Waals surface area contributed by atoms with E-state index in [1.54, 1.807) is 30.3 Å². The molecule has 0 fully saturated rings. The van der Waals surface area contributed by atoms with Crippen molar-refractivity contribution in [1.29, 1.82) is 0 Å². The van der Waals surface area contributed by atoms with Crippen LogP contribution in [0.25, 0.3) is 10.9 Å². The normalized spacial score (nSPS) is 15.4. The number of nitrogens with zero attached hydrogens (tertiary/aromatic N) is 1. The largest absolute Gasteiger partial charge is 0.480 e. The summed E-state index contributed by atoms with van der Waals surface area (Å²) >= 11 is 0. The third kappa shape index (κ3) is 3.21. The van der Waals surface area contributed by atoms with E-state index in [-0.39, 0.29) is 30.1 Å². The molecule has 0 saturated heterocycles. The number of carboxylic acids is 2. The van der Waals surface area contributed by atoms with Crippen LogP contribution >= 0.6 is 0 Å². The summed E-state index contributed by atoms with van der Waals surface area (Å²) in [6.07, 6.45) is 0.578. The van der Waals surface area contributed by atoms with Crippen LogP contribution in [-0.2, 0) is 32.3 Å². The number of fused-ring (bicyclic) bond motifs is 3. The van der Waals surface area contributed by atoms with Gasteiger partial charge in [0.1, 0.15) is 0 Å². The molecule has 9 heteroatoms. The van der Waals surface area contributed by atoms with Crippen molar-refractivity contribution in [2.24, 2.45) is 5.41 Å². The number of sulfone groups is 1. The summed E-state index contributed by atoms with van der Waals surface area (Å²) in [4.78, 5) is 37.1. The lowest BCUT2D eigenvalue weighted by Crippen LogP contribution is -2.44. The zero-order valence-electron chi connectivity index (χ0n) is 16.5. The van der Waals surface area contributed by atoms with Gasteiger partial charge in [0.2, 0.25) is 0 Å². The molecule has 8 nitrogen and oxygen atoms in total. The van der Waals surface area contributed by atoms with Crippen LogP contribution in [0, 0.1) is 5.41 Å². The van der Waals surface area contributed by atoms with Gasteiger partial charge >= 0.3 is 11.9 Å². The number of aromatic nitrogens is 1. The van der Waals surface area contributed by atoms with E-state index in [1.807, 2.05) is 0 Å². The fraction of sp³-hybridized carbons (Fsp3) is 0.227. The lowest BCUT2D eigenvalue weighted by Gasteiger charge is -2.29. The second-order valence-electron chi connectivity index (χ2n) is 7.75. The van der Waals surface area contributed by atoms with Crippen LogP contribution in [0.15, 0.2) is 53.4 Å². The number of hydrogen-bond acceptors (Lipinski definition) is 5. The van der Waals surface area contributed by atoms with E-state index in [0.717, 1.165) is 6.26 Å². The first-order chi connectivity index (χ1) is 14.6. The summed E-state index contributed by atoms with van der Waals surface area (Å²) in [5.74, 6) is -3.27. The zero-order valence-corrected chi connectivity index (χ0v) is 17.3. The highest BCUT2D eigenvalue weighted by atomic mass is 32.2. The Hall–Kier alpha value is -3.46. The number of rotatable bonds is 4. The number of benzene rings is 2. The standard InChI is InChI=1S/C22H19NO7S/c1-31(29,30)14-7-8-17-15(11-14)16-12-22(20(25)26,21(27)28)10-9-18(16)23(17)19(24)13-5-3-2-4-6-13/h2-8,11H,9-10,12H2,1H3,(H,25,26)(H,27,28). The first-order valence-corrected chi connectivity index (χ1v) is 11.4. The van der Waals surface area contributed by atoms with Crippen molar-refractivity contribution in [3.05, 3.63) is 65.4 Å². The number of carbonyl (C=O) groups is 3. The van der Waals surface area contributed by atoms with Crippen molar-refractivity contribution in [3.63, 3.8) is 0 Å². The summed E-state index contributed by atoms with van der Waals surface area (Å²) in [7, 11) is -3.57. The molecule has 0 atom stereocenters. The van der Waals surface area contributed by atoms with Crippen LogP contribution in [-0.4, -0.2) is 47.3 Å². The molecule has 160 valence electrons. The van der Waals surface area contributed by atoms with Crippen LogP contribution in [0.1, 0.15) is 28.0 Å². The van der Waals surface area contributed by atoms with Gasteiger partial charge in [0.25, 0.3) is 5.91 Å². The second-order valence-corrected chi connectivity index (χ2v) is 9.77. The Morgan fingerprint density at radius 2 is 1.65 bits per heavy atom. The van der Waals surface area contributed by atoms with Crippen LogP contribution < -0.4 is 0 Å². The minimum absolute atomic E-state index is 0.00827. The predicted molar refractivity (Wildman–Crippen MR) is 111 cm³/mol. The maximum absolute atomic E-state index is 13.3. The minimum Gasteiger partial charge on any atom is -0.480 e. The summed E-state index contributed by atoms with van der Waals surface area (Å²) in [5, 5.41) is 19.7. The Labute approximate surface area is 177 Å². The average molecular weight is 441 g/mol. The first-order valence-electron chi connectivity index (χ1n) is 9.49. The molecule has 0 spiro atoms. The fourth-order valence-electron chi connectivity index (χ4n) is 4.20. The van der Waals surface area contributed by atoms with Crippen molar-refractivity contribution < 1.29 is 33.0 Å². The third-order valence-electron chi connectivity index (χ3n) is 5.89. The van der Waals surface area contributed by atoms with E-state index in [2.05, 4.69) is 0 Å². The smallest absolute Gasteiger partial charge is 0.321 e. The molecule has 0 amide bonds. The number of aliphatic carboxylic acids is 2. The van der Waals surface area contributed by atoms with Gasteiger partial charge in [0.05, 0.1) is 10.4 Å². The maximum atomic E-state index is 13.3. The molecule has 1 heterocycles. The average Bonchev–Trinajstić information content (AvgIpc) is 3.05. The molecule has 2 N–H and O–H groups in total. The van der Waals surface area contributed by atoms with Gasteiger partial charge in [-0.1, -0.05) is 18.2 Å². The summed E-state index contributed by atoms with van der Waals surface area (Å²) in [6, 6.07) is 12.8. The number of carbonyl (C=O) groups excluding carboxylic acids is 1. The van der Waals surface area contributed by atoms with Gasteiger partial charge in [-0.3, -0.25) is 19.0 Å².